The first-order valence-corrected chi connectivity index (χ1v) is 1.32. The molecular formula is C3H3F3. The highest BCUT2D eigenvalue weighted by atomic mass is 19.2. The molecule has 0 atom stereocenters. The largest absolute Gasteiger partial charge is 0.243 e. The first-order valence-electron chi connectivity index (χ1n) is 1.32. The zero-order chi connectivity index (χ0) is 4.99. The maximum Gasteiger partial charge on any atom is 0.159 e. The Morgan fingerprint density at radius 1 is 1.67 bits per heavy atom. The van der Waals surface area contributed by atoms with E-state index in [4.69, 9.17) is 0 Å². The first kappa shape index (κ1) is 5.53. The number of halogens is 3. The van der Waals surface area contributed by atoms with Crippen LogP contribution in [0.25, 0.3) is 0 Å². The van der Waals surface area contributed by atoms with Crippen LogP contribution >= 0.6 is 0 Å². The normalized spacial score (nSPS) is 12.2. The van der Waals surface area contributed by atoms with E-state index >= 15 is 0 Å². The zero-order valence-corrected chi connectivity index (χ0v) is 2.92. The van der Waals surface area contributed by atoms with E-state index in [-0.39, 0.29) is 0 Å². The van der Waals surface area contributed by atoms with Gasteiger partial charge in [-0.3, -0.25) is 0 Å². The minimum Gasteiger partial charge on any atom is -0.243 e. The molecular weight excluding hydrogens is 93.0 g/mol. The van der Waals surface area contributed by atoms with Gasteiger partial charge < -0.3 is 0 Å². The summed E-state index contributed by atoms with van der Waals surface area (Å²) in [5.74, 6) is -1.37. The highest BCUT2D eigenvalue weighted by molar-refractivity contribution is 4.82. The minimum absolute atomic E-state index is 0.403. The number of alkyl halides is 1. The smallest absolute Gasteiger partial charge is 0.159 e. The summed E-state index contributed by atoms with van der Waals surface area (Å²) >= 11 is 0. The topological polar surface area (TPSA) is 0 Å². The van der Waals surface area contributed by atoms with Crippen molar-refractivity contribution in [2.45, 2.75) is 0 Å². The number of allylic oxidation sites excluding steroid dienone is 1. The van der Waals surface area contributed by atoms with Crippen LogP contribution in [0.4, 0.5) is 13.2 Å². The molecule has 0 bridgehead atoms. The van der Waals surface area contributed by atoms with E-state index < -0.39 is 18.8 Å². The number of hydrogen-bond donors (Lipinski definition) is 0. The second kappa shape index (κ2) is 2.75. The molecule has 0 saturated heterocycles. The Morgan fingerprint density at radius 2 is 2.17 bits per heavy atom. The van der Waals surface area contributed by atoms with Crippen LogP contribution in [0.3, 0.4) is 0 Å². The maximum absolute atomic E-state index is 11.0. The molecule has 3 heteroatoms. The fraction of sp³-hybridized carbons (Fsp3) is 0.333. The summed E-state index contributed by atoms with van der Waals surface area (Å²) in [5.41, 5.74) is 0. The average molecular weight is 96.1 g/mol. The summed E-state index contributed by atoms with van der Waals surface area (Å²) in [6.07, 6.45) is -0.403. The molecule has 0 fully saturated rings. The van der Waals surface area contributed by atoms with Crippen molar-refractivity contribution in [3.05, 3.63) is 12.2 Å². The second-order valence-electron chi connectivity index (χ2n) is 0.690. The van der Waals surface area contributed by atoms with Gasteiger partial charge in [-0.05, 0) is 0 Å². The first-order chi connectivity index (χ1) is 2.81. The molecule has 0 unspecified atom stereocenters. The Balaban J connectivity index is 3.22. The third kappa shape index (κ3) is 1.81. The lowest BCUT2D eigenvalue weighted by Gasteiger charge is -1.74. The molecule has 6 heavy (non-hydrogen) atoms. The highest BCUT2D eigenvalue weighted by Crippen LogP contribution is 1.94. The molecule has 36 valence electrons. The van der Waals surface area contributed by atoms with Crippen LogP contribution < -0.4 is 0 Å². The van der Waals surface area contributed by atoms with Gasteiger partial charge >= 0.3 is 0 Å². The third-order valence-corrected chi connectivity index (χ3v) is 0.246. The van der Waals surface area contributed by atoms with Crippen molar-refractivity contribution >= 4 is 0 Å². The van der Waals surface area contributed by atoms with E-state index in [1.54, 1.807) is 0 Å². The van der Waals surface area contributed by atoms with Crippen LogP contribution in [0.2, 0.25) is 0 Å². The summed E-state index contributed by atoms with van der Waals surface area (Å²) in [4.78, 5) is 0. The van der Waals surface area contributed by atoms with E-state index in [1.807, 2.05) is 0 Å². The molecule has 0 N–H and O–H groups in total. The van der Waals surface area contributed by atoms with Crippen LogP contribution in [0.1, 0.15) is 0 Å². The zero-order valence-electron chi connectivity index (χ0n) is 2.92. The molecule has 0 rings (SSSR count). The molecule has 0 radical (unpaired) electrons. The monoisotopic (exact) mass is 96.0 g/mol. The molecule has 0 aliphatic rings. The second-order valence-corrected chi connectivity index (χ2v) is 0.690. The quantitative estimate of drug-likeness (QED) is 0.466. The summed E-state index contributed by atoms with van der Waals surface area (Å²) in [6, 6.07) is 0. The van der Waals surface area contributed by atoms with Gasteiger partial charge in [0, 0.05) is 0 Å². The van der Waals surface area contributed by atoms with Crippen LogP contribution in [-0.4, -0.2) is 6.67 Å². The van der Waals surface area contributed by atoms with Crippen molar-refractivity contribution in [1.82, 2.24) is 0 Å². The van der Waals surface area contributed by atoms with Crippen molar-refractivity contribution in [1.29, 1.82) is 0 Å². The molecule has 0 saturated carbocycles. The van der Waals surface area contributed by atoms with Crippen molar-refractivity contribution < 1.29 is 13.2 Å². The minimum atomic E-state index is -1.37. The van der Waals surface area contributed by atoms with E-state index in [1.165, 1.54) is 0 Å². The van der Waals surface area contributed by atoms with Crippen molar-refractivity contribution in [3.8, 4) is 0 Å². The summed E-state index contributed by atoms with van der Waals surface area (Å²) < 4.78 is 32.3. The maximum atomic E-state index is 11.0. The molecule has 0 nitrogen and oxygen atoms in total. The van der Waals surface area contributed by atoms with E-state index in [2.05, 4.69) is 0 Å². The standard InChI is InChI=1S/C3H3F3/c4-1-3(6)2-5/h1H,2H2. The molecule has 0 spiro atoms. The van der Waals surface area contributed by atoms with Gasteiger partial charge in [-0.25, -0.2) is 13.2 Å². The lowest BCUT2D eigenvalue weighted by atomic mass is 10.7. The fourth-order valence-electron chi connectivity index (χ4n) is 0.0292. The van der Waals surface area contributed by atoms with Gasteiger partial charge in [0.05, 0.1) is 0 Å². The van der Waals surface area contributed by atoms with Crippen molar-refractivity contribution in [2.24, 2.45) is 0 Å². The molecule has 0 aromatic heterocycles. The molecule has 0 aliphatic carbocycles. The summed E-state index contributed by atoms with van der Waals surface area (Å²) in [6.45, 7) is -1.35. The summed E-state index contributed by atoms with van der Waals surface area (Å²) in [5, 5.41) is 0. The van der Waals surface area contributed by atoms with E-state index in [0.29, 0.717) is 0 Å². The van der Waals surface area contributed by atoms with Gasteiger partial charge in [0.1, 0.15) is 13.0 Å². The predicted molar refractivity (Wildman–Crippen MR) is 16.3 cm³/mol. The Kier molecular flexibility index (Phi) is 2.54. The molecule has 0 aromatic rings. The van der Waals surface area contributed by atoms with Crippen LogP contribution in [0.15, 0.2) is 12.2 Å². The fourth-order valence-corrected chi connectivity index (χ4v) is 0.0292. The number of hydrogen-bond acceptors (Lipinski definition) is 0. The van der Waals surface area contributed by atoms with Crippen molar-refractivity contribution in [3.63, 3.8) is 0 Å². The summed E-state index contributed by atoms with van der Waals surface area (Å²) in [7, 11) is 0. The Morgan fingerprint density at radius 3 is 2.17 bits per heavy atom. The molecule has 0 heterocycles. The van der Waals surface area contributed by atoms with E-state index in [9.17, 15) is 13.2 Å². The lowest BCUT2D eigenvalue weighted by Crippen LogP contribution is -1.68. The highest BCUT2D eigenvalue weighted by Gasteiger charge is 1.86. The predicted octanol–water partition coefficient (Wildman–Crippen LogP) is 1.74. The van der Waals surface area contributed by atoms with Crippen LogP contribution in [-0.2, 0) is 0 Å². The molecule has 0 aromatic carbocycles. The van der Waals surface area contributed by atoms with Crippen LogP contribution in [0.5, 0.6) is 0 Å². The Bertz CT molecular complexity index is 57.1. The Labute approximate surface area is 33.3 Å². The van der Waals surface area contributed by atoms with E-state index in [0.717, 1.165) is 0 Å². The van der Waals surface area contributed by atoms with Gasteiger partial charge in [0.2, 0.25) is 0 Å². The lowest BCUT2D eigenvalue weighted by molar-refractivity contribution is 0.444. The van der Waals surface area contributed by atoms with Gasteiger partial charge in [-0.1, -0.05) is 0 Å². The van der Waals surface area contributed by atoms with Gasteiger partial charge in [0.25, 0.3) is 0 Å². The average Bonchev–Trinajstić information content (AvgIpc) is 1.65. The number of rotatable bonds is 1. The van der Waals surface area contributed by atoms with Gasteiger partial charge in [-0.15, -0.1) is 0 Å². The molecule has 0 aliphatic heterocycles. The third-order valence-electron chi connectivity index (χ3n) is 0.246. The van der Waals surface area contributed by atoms with Gasteiger partial charge in [0.15, 0.2) is 5.83 Å². The molecule has 0 amide bonds. The van der Waals surface area contributed by atoms with Crippen molar-refractivity contribution in [2.75, 3.05) is 6.67 Å². The SMILES string of the molecule is FC=C(F)CF. The Hall–Kier alpha value is -0.470. The van der Waals surface area contributed by atoms with Crippen LogP contribution in [0, 0.1) is 0 Å². The van der Waals surface area contributed by atoms with Gasteiger partial charge in [-0.2, -0.15) is 0 Å².